The first kappa shape index (κ1) is 13.7. The molecule has 21 heavy (non-hydrogen) atoms. The maximum absolute atomic E-state index is 5.96. The van der Waals surface area contributed by atoms with Crippen molar-refractivity contribution in [1.29, 1.82) is 0 Å². The van der Waals surface area contributed by atoms with E-state index in [0.717, 1.165) is 11.1 Å². The first-order valence-electron chi connectivity index (χ1n) is 6.27. The highest BCUT2D eigenvalue weighted by Gasteiger charge is 2.06. The third-order valence-electron chi connectivity index (χ3n) is 2.85. The second-order valence-electron chi connectivity index (χ2n) is 4.33. The van der Waals surface area contributed by atoms with Crippen LogP contribution < -0.4 is 0 Å². The second-order valence-corrected chi connectivity index (χ2v) is 5.15. The maximum atomic E-state index is 5.96. The molecule has 0 amide bonds. The summed E-state index contributed by atoms with van der Waals surface area (Å²) in [4.78, 5) is 0. The summed E-state index contributed by atoms with van der Waals surface area (Å²) in [5, 5.41) is 12.0. The van der Waals surface area contributed by atoms with E-state index >= 15 is 0 Å². The number of hydrogen-bond donors (Lipinski definition) is 1. The van der Waals surface area contributed by atoms with Crippen molar-refractivity contribution in [2.24, 2.45) is 5.10 Å². The van der Waals surface area contributed by atoms with Crippen LogP contribution in [0.15, 0.2) is 59.7 Å². The zero-order valence-electron chi connectivity index (χ0n) is 10.9. The Morgan fingerprint density at radius 1 is 1.14 bits per heavy atom. The van der Waals surface area contributed by atoms with E-state index in [1.165, 1.54) is 0 Å². The lowest BCUT2D eigenvalue weighted by Crippen LogP contribution is -1.94. The SMILES string of the molecule is S=c1[nH]nc(-c2ccccc2)n1/N=C/c1cccc(Cl)c1. The van der Waals surface area contributed by atoms with Crippen molar-refractivity contribution >= 4 is 30.0 Å². The lowest BCUT2D eigenvalue weighted by atomic mass is 10.2. The molecule has 1 heterocycles. The van der Waals surface area contributed by atoms with E-state index in [2.05, 4.69) is 15.3 Å². The van der Waals surface area contributed by atoms with Gasteiger partial charge < -0.3 is 0 Å². The molecule has 104 valence electrons. The number of rotatable bonds is 3. The fraction of sp³-hybridized carbons (Fsp3) is 0. The van der Waals surface area contributed by atoms with Crippen LogP contribution in [0.5, 0.6) is 0 Å². The zero-order chi connectivity index (χ0) is 14.7. The summed E-state index contributed by atoms with van der Waals surface area (Å²) < 4.78 is 2.03. The van der Waals surface area contributed by atoms with Crippen molar-refractivity contribution < 1.29 is 0 Å². The van der Waals surface area contributed by atoms with Gasteiger partial charge in [-0.05, 0) is 29.9 Å². The molecule has 0 saturated carbocycles. The van der Waals surface area contributed by atoms with Crippen LogP contribution in [0.4, 0.5) is 0 Å². The maximum Gasteiger partial charge on any atom is 0.216 e. The minimum absolute atomic E-state index is 0.437. The van der Waals surface area contributed by atoms with Crippen LogP contribution >= 0.6 is 23.8 Å². The summed E-state index contributed by atoms with van der Waals surface area (Å²) >= 11 is 11.2. The molecule has 0 fully saturated rings. The number of hydrogen-bond acceptors (Lipinski definition) is 3. The van der Waals surface area contributed by atoms with E-state index < -0.39 is 0 Å². The predicted molar refractivity (Wildman–Crippen MR) is 87.3 cm³/mol. The molecule has 0 unspecified atom stereocenters. The molecule has 3 rings (SSSR count). The van der Waals surface area contributed by atoms with Gasteiger partial charge >= 0.3 is 0 Å². The average molecular weight is 315 g/mol. The standard InChI is InChI=1S/C15H11ClN4S/c16-13-8-4-5-11(9-13)10-17-20-14(18-19-15(20)21)12-6-2-1-3-7-12/h1-10H,(H,19,21)/b17-10+. The molecule has 3 aromatic rings. The van der Waals surface area contributed by atoms with Gasteiger partial charge in [-0.3, -0.25) is 0 Å². The molecule has 0 radical (unpaired) electrons. The average Bonchev–Trinajstić information content (AvgIpc) is 2.87. The van der Waals surface area contributed by atoms with E-state index in [0.29, 0.717) is 15.6 Å². The molecule has 0 spiro atoms. The van der Waals surface area contributed by atoms with Gasteiger partial charge in [0.15, 0.2) is 5.82 Å². The molecule has 1 N–H and O–H groups in total. The Balaban J connectivity index is 2.00. The smallest absolute Gasteiger partial charge is 0.216 e. The highest BCUT2D eigenvalue weighted by atomic mass is 35.5. The van der Waals surface area contributed by atoms with E-state index in [1.807, 2.05) is 54.6 Å². The van der Waals surface area contributed by atoms with Crippen LogP contribution in [0.1, 0.15) is 5.56 Å². The molecular formula is C15H11ClN4S. The van der Waals surface area contributed by atoms with Crippen molar-refractivity contribution in [3.8, 4) is 11.4 Å². The Morgan fingerprint density at radius 2 is 1.95 bits per heavy atom. The zero-order valence-corrected chi connectivity index (χ0v) is 12.5. The molecule has 0 aliphatic carbocycles. The Morgan fingerprint density at radius 3 is 2.71 bits per heavy atom. The van der Waals surface area contributed by atoms with Crippen LogP contribution in [-0.2, 0) is 0 Å². The Hall–Kier alpha value is -2.24. The Bertz CT molecular complexity index is 836. The van der Waals surface area contributed by atoms with Gasteiger partial charge in [-0.1, -0.05) is 54.1 Å². The molecule has 0 aliphatic heterocycles. The lowest BCUT2D eigenvalue weighted by molar-refractivity contribution is 0.871. The van der Waals surface area contributed by atoms with Gasteiger partial charge in [-0.2, -0.15) is 14.9 Å². The van der Waals surface area contributed by atoms with Crippen molar-refractivity contribution in [3.05, 3.63) is 70.0 Å². The molecule has 0 saturated heterocycles. The van der Waals surface area contributed by atoms with Crippen molar-refractivity contribution in [3.63, 3.8) is 0 Å². The first-order chi connectivity index (χ1) is 10.2. The third-order valence-corrected chi connectivity index (χ3v) is 3.35. The van der Waals surface area contributed by atoms with Gasteiger partial charge in [-0.25, -0.2) is 5.10 Å². The van der Waals surface area contributed by atoms with Gasteiger partial charge in [0.1, 0.15) is 0 Å². The minimum atomic E-state index is 0.437. The number of halogens is 1. The topological polar surface area (TPSA) is 46.0 Å². The molecule has 6 heteroatoms. The van der Waals surface area contributed by atoms with Crippen LogP contribution in [0.25, 0.3) is 11.4 Å². The summed E-state index contributed by atoms with van der Waals surface area (Å²) in [5.41, 5.74) is 1.83. The van der Waals surface area contributed by atoms with Gasteiger partial charge in [0.05, 0.1) is 6.21 Å². The molecular weight excluding hydrogens is 304 g/mol. The molecule has 4 nitrogen and oxygen atoms in total. The second kappa shape index (κ2) is 6.03. The predicted octanol–water partition coefficient (Wildman–Crippen LogP) is 4.14. The van der Waals surface area contributed by atoms with Gasteiger partial charge in [-0.15, -0.1) is 0 Å². The van der Waals surface area contributed by atoms with Gasteiger partial charge in [0.25, 0.3) is 0 Å². The van der Waals surface area contributed by atoms with Crippen LogP contribution in [0.2, 0.25) is 5.02 Å². The van der Waals surface area contributed by atoms with Gasteiger partial charge in [0.2, 0.25) is 4.77 Å². The minimum Gasteiger partial charge on any atom is -0.250 e. The number of benzene rings is 2. The number of nitrogens with zero attached hydrogens (tertiary/aromatic N) is 3. The summed E-state index contributed by atoms with van der Waals surface area (Å²) in [7, 11) is 0. The van der Waals surface area contributed by atoms with E-state index in [-0.39, 0.29) is 0 Å². The Labute approximate surface area is 131 Å². The molecule has 2 aromatic carbocycles. The monoisotopic (exact) mass is 314 g/mol. The summed E-state index contributed by atoms with van der Waals surface area (Å²) in [6, 6.07) is 17.2. The van der Waals surface area contributed by atoms with Crippen LogP contribution in [0.3, 0.4) is 0 Å². The summed E-state index contributed by atoms with van der Waals surface area (Å²) in [6.45, 7) is 0. The number of aromatic amines is 1. The number of aromatic nitrogens is 3. The van der Waals surface area contributed by atoms with E-state index in [4.69, 9.17) is 23.8 Å². The fourth-order valence-electron chi connectivity index (χ4n) is 1.88. The van der Waals surface area contributed by atoms with Crippen molar-refractivity contribution in [1.82, 2.24) is 14.9 Å². The lowest BCUT2D eigenvalue weighted by Gasteiger charge is -2.00. The van der Waals surface area contributed by atoms with Crippen LogP contribution in [0, 0.1) is 4.77 Å². The molecule has 0 bridgehead atoms. The normalized spacial score (nSPS) is 11.1. The van der Waals surface area contributed by atoms with E-state index in [1.54, 1.807) is 10.9 Å². The quantitative estimate of drug-likeness (QED) is 0.583. The van der Waals surface area contributed by atoms with Crippen molar-refractivity contribution in [2.45, 2.75) is 0 Å². The molecule has 1 aromatic heterocycles. The summed E-state index contributed by atoms with van der Waals surface area (Å²) in [6.07, 6.45) is 1.70. The van der Waals surface area contributed by atoms with Crippen molar-refractivity contribution in [2.75, 3.05) is 0 Å². The molecule has 0 atom stereocenters. The summed E-state index contributed by atoms with van der Waals surface area (Å²) in [5.74, 6) is 0.666. The number of H-pyrrole nitrogens is 1. The number of nitrogens with one attached hydrogen (secondary N) is 1. The largest absolute Gasteiger partial charge is 0.250 e. The third kappa shape index (κ3) is 3.09. The van der Waals surface area contributed by atoms with Crippen LogP contribution in [-0.4, -0.2) is 21.1 Å². The Kier molecular flexibility index (Phi) is 3.94. The highest BCUT2D eigenvalue weighted by Crippen LogP contribution is 2.16. The molecule has 0 aliphatic rings. The van der Waals surface area contributed by atoms with E-state index in [9.17, 15) is 0 Å². The van der Waals surface area contributed by atoms with Gasteiger partial charge in [0, 0.05) is 10.6 Å². The fourth-order valence-corrected chi connectivity index (χ4v) is 2.26. The highest BCUT2D eigenvalue weighted by molar-refractivity contribution is 7.71. The first-order valence-corrected chi connectivity index (χ1v) is 7.05.